The van der Waals surface area contributed by atoms with Gasteiger partial charge in [-0.05, 0) is 106 Å². The van der Waals surface area contributed by atoms with Crippen LogP contribution in [0.3, 0.4) is 0 Å². The summed E-state index contributed by atoms with van der Waals surface area (Å²) < 4.78 is 23.5. The van der Waals surface area contributed by atoms with E-state index in [1.165, 1.54) is 47.0 Å². The van der Waals surface area contributed by atoms with E-state index in [0.717, 1.165) is 75.7 Å². The summed E-state index contributed by atoms with van der Waals surface area (Å²) in [6.07, 6.45) is 11.9. The number of benzene rings is 2. The van der Waals surface area contributed by atoms with E-state index in [9.17, 15) is 13.8 Å². The van der Waals surface area contributed by atoms with Crippen molar-refractivity contribution in [3.8, 4) is 17.0 Å². The van der Waals surface area contributed by atoms with Gasteiger partial charge in [0.15, 0.2) is 0 Å². The lowest BCUT2D eigenvalue weighted by atomic mass is 9.81. The molecule has 3 aromatic rings. The fourth-order valence-electron chi connectivity index (χ4n) is 8.73. The van der Waals surface area contributed by atoms with Crippen molar-refractivity contribution >= 4 is 33.7 Å². The average Bonchev–Trinajstić information content (AvgIpc) is 3.98. The van der Waals surface area contributed by atoms with Crippen molar-refractivity contribution in [2.24, 2.45) is 5.41 Å². The second-order valence-electron chi connectivity index (χ2n) is 14.6. The topological polar surface area (TPSA) is 92.7 Å². The quantitative estimate of drug-likeness (QED) is 0.330. The summed E-state index contributed by atoms with van der Waals surface area (Å²) in [6, 6.07) is 12.6. The van der Waals surface area contributed by atoms with Crippen LogP contribution in [-0.4, -0.2) is 64.0 Å². The maximum atomic E-state index is 14.5. The molecule has 4 unspecified atom stereocenters. The number of likely N-dealkylation sites (tertiary alicyclic amines) is 1. The molecule has 2 N–H and O–H groups in total. The van der Waals surface area contributed by atoms with E-state index in [-0.39, 0.29) is 29.0 Å². The van der Waals surface area contributed by atoms with Crippen LogP contribution in [0.4, 0.5) is 0 Å². The maximum absolute atomic E-state index is 14.5. The molecule has 46 heavy (non-hydrogen) atoms. The molecule has 1 saturated heterocycles. The predicted octanol–water partition coefficient (Wildman–Crippen LogP) is 6.01. The number of methoxy groups -OCH3 is 1. The lowest BCUT2D eigenvalue weighted by molar-refractivity contribution is -0.127. The van der Waals surface area contributed by atoms with E-state index in [4.69, 9.17) is 4.74 Å². The molecule has 5 aliphatic rings. The first kappa shape index (κ1) is 30.2. The van der Waals surface area contributed by atoms with Crippen molar-refractivity contribution in [3.05, 3.63) is 53.1 Å². The number of nitrogens with one attached hydrogen (secondary N) is 2. The number of fused-ring (bicyclic) bond motifs is 7. The Morgan fingerprint density at radius 2 is 1.78 bits per heavy atom. The van der Waals surface area contributed by atoms with E-state index < -0.39 is 16.4 Å². The summed E-state index contributed by atoms with van der Waals surface area (Å²) in [6.45, 7) is 2.52. The van der Waals surface area contributed by atoms with Crippen LogP contribution in [-0.2, 0) is 22.3 Å². The van der Waals surface area contributed by atoms with Crippen molar-refractivity contribution in [1.29, 1.82) is 0 Å². The number of nitrogens with zero attached hydrogens (tertiary/aromatic N) is 2. The summed E-state index contributed by atoms with van der Waals surface area (Å²) in [7, 11) is 2.50. The minimum Gasteiger partial charge on any atom is -0.497 e. The van der Waals surface area contributed by atoms with Crippen molar-refractivity contribution < 1.29 is 18.5 Å². The molecule has 2 aromatic carbocycles. The fraction of sp³-hybridized carbons (Fsp3) is 0.568. The number of likely N-dealkylation sites (N-methyl/N-ethyl adjacent to an activating group) is 1. The molecule has 8 rings (SSSR count). The molecular formula is C37H46N4O4S. The van der Waals surface area contributed by atoms with Crippen molar-refractivity contribution in [2.45, 2.75) is 100 Å². The summed E-state index contributed by atoms with van der Waals surface area (Å²) in [5, 5.41) is 4.76. The minimum absolute atomic E-state index is 0.0714. The largest absolute Gasteiger partial charge is 0.497 e. The second-order valence-corrected chi connectivity index (χ2v) is 16.1. The molecule has 0 radical (unpaired) electrons. The molecule has 9 heteroatoms. The van der Waals surface area contributed by atoms with Gasteiger partial charge in [0, 0.05) is 47.1 Å². The number of aromatic nitrogens is 1. The van der Waals surface area contributed by atoms with Crippen LogP contribution in [0.15, 0.2) is 36.4 Å². The Kier molecular flexibility index (Phi) is 7.75. The smallest absolute Gasteiger partial charge is 0.263 e. The zero-order chi connectivity index (χ0) is 31.6. The highest BCUT2D eigenvalue weighted by Crippen LogP contribution is 2.65. The van der Waals surface area contributed by atoms with Crippen molar-refractivity contribution in [1.82, 2.24) is 19.5 Å². The Hall–Kier alpha value is -3.17. The van der Waals surface area contributed by atoms with E-state index in [0.29, 0.717) is 18.0 Å². The van der Waals surface area contributed by atoms with Crippen LogP contribution >= 0.6 is 0 Å². The van der Waals surface area contributed by atoms with Gasteiger partial charge in [-0.2, -0.15) is 0 Å². The fourth-order valence-corrected chi connectivity index (χ4v) is 9.77. The number of carbonyl (C=O) groups excluding carboxylic acids is 2. The molecule has 4 atom stereocenters. The first-order chi connectivity index (χ1) is 22.4. The van der Waals surface area contributed by atoms with E-state index in [2.05, 4.69) is 44.8 Å². The minimum atomic E-state index is -1.36. The van der Waals surface area contributed by atoms with E-state index in [1.54, 1.807) is 7.11 Å². The Morgan fingerprint density at radius 1 is 0.978 bits per heavy atom. The molecule has 2 aliphatic heterocycles. The normalized spacial score (nSPS) is 27.0. The summed E-state index contributed by atoms with van der Waals surface area (Å²) in [4.78, 5) is 30.2. The Bertz CT molecular complexity index is 1720. The summed E-state index contributed by atoms with van der Waals surface area (Å²) in [5.74, 6) is 1.19. The number of carbonyl (C=O) groups is 2. The van der Waals surface area contributed by atoms with Crippen LogP contribution < -0.4 is 14.8 Å². The van der Waals surface area contributed by atoms with Gasteiger partial charge >= 0.3 is 0 Å². The number of rotatable bonds is 7. The third-order valence-corrected chi connectivity index (χ3v) is 12.9. The Labute approximate surface area is 274 Å². The van der Waals surface area contributed by atoms with Gasteiger partial charge in [0.2, 0.25) is 5.91 Å². The maximum Gasteiger partial charge on any atom is 0.263 e. The Balaban J connectivity index is 1.27. The summed E-state index contributed by atoms with van der Waals surface area (Å²) >= 11 is 0. The van der Waals surface area contributed by atoms with Gasteiger partial charge in [-0.1, -0.05) is 31.7 Å². The average molecular weight is 643 g/mol. The van der Waals surface area contributed by atoms with Gasteiger partial charge in [0.05, 0.1) is 23.5 Å². The summed E-state index contributed by atoms with van der Waals surface area (Å²) in [5.41, 5.74) is 5.89. The van der Waals surface area contributed by atoms with Gasteiger partial charge < -0.3 is 19.5 Å². The molecule has 3 aliphatic carbocycles. The zero-order valence-corrected chi connectivity index (χ0v) is 27.9. The molecule has 4 fully saturated rings. The van der Waals surface area contributed by atoms with Crippen LogP contribution in [0, 0.1) is 5.41 Å². The third-order valence-electron chi connectivity index (χ3n) is 11.5. The highest BCUT2D eigenvalue weighted by Gasteiger charge is 2.63. The van der Waals surface area contributed by atoms with Gasteiger partial charge in [0.25, 0.3) is 5.91 Å². The number of amides is 2. The molecule has 1 aromatic heterocycles. The molecule has 8 nitrogen and oxygen atoms in total. The van der Waals surface area contributed by atoms with Crippen LogP contribution in [0.2, 0.25) is 0 Å². The number of ether oxygens (including phenoxy) is 1. The molecule has 3 saturated carbocycles. The molecule has 2 amide bonds. The second kappa shape index (κ2) is 11.8. The predicted molar refractivity (Wildman–Crippen MR) is 181 cm³/mol. The van der Waals surface area contributed by atoms with Gasteiger partial charge in [-0.15, -0.1) is 0 Å². The van der Waals surface area contributed by atoms with Crippen LogP contribution in [0.1, 0.15) is 104 Å². The van der Waals surface area contributed by atoms with Crippen molar-refractivity contribution in [2.75, 3.05) is 27.2 Å². The van der Waals surface area contributed by atoms with Gasteiger partial charge in [-0.25, -0.2) is 4.21 Å². The first-order valence-electron chi connectivity index (χ1n) is 17.4. The standard InChI is InChI=1S/C37H46N4O4S/c1-40-17-7-6-10-25(21-40)38-36(43)37-20-31(37)30-19-26(45-2)12-16-28(30)34-33(23-8-4-3-5-9-23)29-15-11-24(18-32(29)41(34)22-37)35(42)39-46(44)27-13-14-27/h11-12,15-16,18-19,23,25,27,31H,3-10,13-14,17,20-22H2,1-2H3,(H,38,43)(H,39,42). The zero-order valence-electron chi connectivity index (χ0n) is 27.1. The molecule has 244 valence electrons. The third kappa shape index (κ3) is 5.27. The van der Waals surface area contributed by atoms with Crippen LogP contribution in [0.25, 0.3) is 22.2 Å². The molecule has 0 bridgehead atoms. The lowest BCUT2D eigenvalue weighted by Gasteiger charge is -2.25. The Morgan fingerprint density at radius 3 is 2.57 bits per heavy atom. The van der Waals surface area contributed by atoms with Crippen LogP contribution in [0.5, 0.6) is 5.75 Å². The monoisotopic (exact) mass is 642 g/mol. The van der Waals surface area contributed by atoms with E-state index >= 15 is 0 Å². The highest BCUT2D eigenvalue weighted by atomic mass is 32.2. The molecule has 0 spiro atoms. The van der Waals surface area contributed by atoms with Gasteiger partial charge in [0.1, 0.15) is 16.7 Å². The number of hydrogen-bond donors (Lipinski definition) is 2. The molecular weight excluding hydrogens is 596 g/mol. The van der Waals surface area contributed by atoms with Crippen molar-refractivity contribution in [3.63, 3.8) is 0 Å². The highest BCUT2D eigenvalue weighted by molar-refractivity contribution is 7.84. The van der Waals surface area contributed by atoms with E-state index in [1.807, 2.05) is 18.2 Å². The SMILES string of the molecule is COc1ccc2c(c1)C1CC1(C(=O)NC1CCCCN(C)C1)Cn1c-2c(C2CCCCC2)c2ccc(C(=O)NS(=O)C3CC3)cc21. The number of hydrogen-bond acceptors (Lipinski definition) is 5. The lowest BCUT2D eigenvalue weighted by Crippen LogP contribution is -2.45. The first-order valence-corrected chi connectivity index (χ1v) is 18.6. The molecule has 3 heterocycles. The van der Waals surface area contributed by atoms with Gasteiger partial charge in [-0.3, -0.25) is 14.3 Å².